The molecule has 1 spiro atoms. The molecule has 192 valence electrons. The Morgan fingerprint density at radius 3 is 1.88 bits per heavy atom. The molecule has 0 aliphatic carbocycles. The van der Waals surface area contributed by atoms with Crippen LogP contribution in [0.25, 0.3) is 11.1 Å². The third kappa shape index (κ3) is 3.30. The molecule has 0 saturated carbocycles. The summed E-state index contributed by atoms with van der Waals surface area (Å²) in [5.41, 5.74) is 9.73. The monoisotopic (exact) mass is 525 g/mol. The number of nitrogens with zero attached hydrogens (tertiary/aromatic N) is 3. The maximum Gasteiger partial charge on any atom is 0.140 e. The normalized spacial score (nSPS) is 13.7. The van der Waals surface area contributed by atoms with E-state index in [4.69, 9.17) is 4.74 Å². The van der Waals surface area contributed by atoms with Gasteiger partial charge in [-0.3, -0.25) is 0 Å². The minimum absolute atomic E-state index is 0.397. The van der Waals surface area contributed by atoms with E-state index in [1.165, 1.54) is 11.1 Å². The number of benzene rings is 5. The summed E-state index contributed by atoms with van der Waals surface area (Å²) in [4.78, 5) is 6.66. The molecule has 5 aromatic carbocycles. The largest absolute Gasteiger partial charge is 0.457 e. The van der Waals surface area contributed by atoms with E-state index in [0.717, 1.165) is 50.8 Å². The second-order valence-electron chi connectivity index (χ2n) is 10.3. The van der Waals surface area contributed by atoms with Crippen molar-refractivity contribution in [1.82, 2.24) is 4.98 Å². The molecule has 4 heteroatoms. The van der Waals surface area contributed by atoms with Gasteiger partial charge in [-0.2, -0.15) is 5.26 Å². The lowest BCUT2D eigenvalue weighted by Crippen LogP contribution is -2.39. The lowest BCUT2D eigenvalue weighted by molar-refractivity contribution is 0.434. The molecule has 4 nitrogen and oxygen atoms in total. The fourth-order valence-corrected chi connectivity index (χ4v) is 6.54. The highest BCUT2D eigenvalue weighted by atomic mass is 16.5. The Morgan fingerprint density at radius 1 is 0.585 bits per heavy atom. The number of hydrogen-bond donors (Lipinski definition) is 0. The third-order valence-corrected chi connectivity index (χ3v) is 8.22. The first-order valence-corrected chi connectivity index (χ1v) is 13.6. The van der Waals surface area contributed by atoms with Crippen LogP contribution in [0.1, 0.15) is 27.9 Å². The number of anilines is 3. The fourth-order valence-electron chi connectivity index (χ4n) is 6.54. The van der Waals surface area contributed by atoms with Crippen molar-refractivity contribution in [3.05, 3.63) is 168 Å². The summed E-state index contributed by atoms with van der Waals surface area (Å²) in [6.45, 7) is 0. The SMILES string of the molecule is N#Cc1ccc(-c2ccc3c(c2)Oc2ccccc2C32c3ccccc3N(c3ccccc3)c3ccccc32)cn1. The van der Waals surface area contributed by atoms with E-state index in [1.807, 2.05) is 12.1 Å². The van der Waals surface area contributed by atoms with Crippen LogP contribution in [-0.4, -0.2) is 4.98 Å². The van der Waals surface area contributed by atoms with E-state index in [9.17, 15) is 5.26 Å². The first-order chi connectivity index (χ1) is 20.3. The highest BCUT2D eigenvalue weighted by Gasteiger charge is 2.51. The Morgan fingerprint density at radius 2 is 1.20 bits per heavy atom. The quantitative estimate of drug-likeness (QED) is 0.226. The van der Waals surface area contributed by atoms with Crippen molar-refractivity contribution in [2.24, 2.45) is 0 Å². The Hall–Kier alpha value is -5.66. The number of fused-ring (bicyclic) bond motifs is 8. The first kappa shape index (κ1) is 23.2. The standard InChI is InChI=1S/C37H23N3O/c38-23-27-20-18-26(24-39-27)25-19-21-32-36(22-25)41-35-17-9-6-14-31(35)37(32)29-12-4-7-15-33(29)40(28-10-2-1-3-11-28)34-16-8-5-13-30(34)37/h1-22,24H. The molecule has 2 aliphatic rings. The average Bonchev–Trinajstić information content (AvgIpc) is 3.05. The molecular weight excluding hydrogens is 502 g/mol. The van der Waals surface area contributed by atoms with Gasteiger partial charge in [-0.15, -0.1) is 0 Å². The maximum atomic E-state index is 9.21. The van der Waals surface area contributed by atoms with Gasteiger partial charge in [0.05, 0.1) is 16.8 Å². The molecule has 3 heterocycles. The van der Waals surface area contributed by atoms with Gasteiger partial charge < -0.3 is 9.64 Å². The van der Waals surface area contributed by atoms with Crippen LogP contribution < -0.4 is 9.64 Å². The molecule has 0 N–H and O–H groups in total. The van der Waals surface area contributed by atoms with Crippen LogP contribution in [0.3, 0.4) is 0 Å². The molecule has 0 atom stereocenters. The number of ether oxygens (including phenoxy) is 1. The van der Waals surface area contributed by atoms with Gasteiger partial charge in [-0.1, -0.05) is 84.9 Å². The number of aromatic nitrogens is 1. The Labute approximate surface area is 238 Å². The predicted octanol–water partition coefficient (Wildman–Crippen LogP) is 8.89. The lowest BCUT2D eigenvalue weighted by Gasteiger charge is -2.48. The molecule has 1 aromatic heterocycles. The molecule has 0 radical (unpaired) electrons. The molecule has 41 heavy (non-hydrogen) atoms. The van der Waals surface area contributed by atoms with Crippen molar-refractivity contribution >= 4 is 17.1 Å². The first-order valence-electron chi connectivity index (χ1n) is 13.6. The summed E-state index contributed by atoms with van der Waals surface area (Å²) in [7, 11) is 0. The number of rotatable bonds is 2. The summed E-state index contributed by atoms with van der Waals surface area (Å²) in [6.07, 6.45) is 1.75. The smallest absolute Gasteiger partial charge is 0.140 e. The molecular formula is C37H23N3O. The summed E-state index contributed by atoms with van der Waals surface area (Å²) in [6, 6.07) is 48.6. The van der Waals surface area contributed by atoms with Crippen LogP contribution in [0.4, 0.5) is 17.1 Å². The predicted molar refractivity (Wildman–Crippen MR) is 161 cm³/mol. The molecule has 0 unspecified atom stereocenters. The summed E-state index contributed by atoms with van der Waals surface area (Å²) < 4.78 is 6.67. The second kappa shape index (κ2) is 8.94. The van der Waals surface area contributed by atoms with Gasteiger partial charge >= 0.3 is 0 Å². The number of nitriles is 1. The van der Waals surface area contributed by atoms with Gasteiger partial charge in [0.1, 0.15) is 23.3 Å². The van der Waals surface area contributed by atoms with Crippen molar-refractivity contribution in [3.63, 3.8) is 0 Å². The molecule has 0 saturated heterocycles. The number of para-hydroxylation sites is 4. The van der Waals surface area contributed by atoms with Gasteiger partial charge in [-0.05, 0) is 65.2 Å². The van der Waals surface area contributed by atoms with Crippen molar-refractivity contribution in [3.8, 4) is 28.7 Å². The van der Waals surface area contributed by atoms with Crippen molar-refractivity contribution in [1.29, 1.82) is 5.26 Å². The van der Waals surface area contributed by atoms with E-state index in [0.29, 0.717) is 5.69 Å². The number of hydrogen-bond acceptors (Lipinski definition) is 4. The highest BCUT2D eigenvalue weighted by Crippen LogP contribution is 2.62. The van der Waals surface area contributed by atoms with Crippen LogP contribution in [0.2, 0.25) is 0 Å². The highest BCUT2D eigenvalue weighted by molar-refractivity contribution is 5.91. The van der Waals surface area contributed by atoms with Gasteiger partial charge in [0.25, 0.3) is 0 Å². The zero-order valence-corrected chi connectivity index (χ0v) is 22.0. The zero-order chi connectivity index (χ0) is 27.4. The summed E-state index contributed by atoms with van der Waals surface area (Å²) in [5, 5.41) is 9.21. The van der Waals surface area contributed by atoms with E-state index >= 15 is 0 Å². The molecule has 2 aliphatic heterocycles. The van der Waals surface area contributed by atoms with E-state index in [-0.39, 0.29) is 0 Å². The molecule has 6 aromatic rings. The minimum atomic E-state index is -0.593. The Bertz CT molecular complexity index is 1940. The van der Waals surface area contributed by atoms with E-state index in [1.54, 1.807) is 12.3 Å². The summed E-state index contributed by atoms with van der Waals surface area (Å²) in [5.74, 6) is 1.65. The van der Waals surface area contributed by atoms with Crippen LogP contribution in [-0.2, 0) is 5.41 Å². The maximum absolute atomic E-state index is 9.21. The molecule has 0 amide bonds. The zero-order valence-electron chi connectivity index (χ0n) is 22.0. The number of pyridine rings is 1. The van der Waals surface area contributed by atoms with Crippen LogP contribution in [0, 0.1) is 11.3 Å². The van der Waals surface area contributed by atoms with Gasteiger partial charge in [0.2, 0.25) is 0 Å². The van der Waals surface area contributed by atoms with Crippen molar-refractivity contribution in [2.75, 3.05) is 4.90 Å². The van der Waals surface area contributed by atoms with Crippen LogP contribution in [0.15, 0.2) is 140 Å². The van der Waals surface area contributed by atoms with E-state index in [2.05, 4.69) is 131 Å². The minimum Gasteiger partial charge on any atom is -0.457 e. The molecule has 0 bridgehead atoms. The van der Waals surface area contributed by atoms with Gasteiger partial charge in [-0.25, -0.2) is 4.98 Å². The van der Waals surface area contributed by atoms with Crippen LogP contribution >= 0.6 is 0 Å². The van der Waals surface area contributed by atoms with E-state index < -0.39 is 5.41 Å². The summed E-state index contributed by atoms with van der Waals surface area (Å²) >= 11 is 0. The van der Waals surface area contributed by atoms with Gasteiger partial charge in [0, 0.05) is 28.6 Å². The molecule has 0 fully saturated rings. The Kier molecular flexibility index (Phi) is 5.07. The second-order valence-corrected chi connectivity index (χ2v) is 10.3. The fraction of sp³-hybridized carbons (Fsp3) is 0.0270. The lowest BCUT2D eigenvalue weighted by atomic mass is 9.61. The molecule has 8 rings (SSSR count). The third-order valence-electron chi connectivity index (χ3n) is 8.22. The Balaban J connectivity index is 1.45. The average molecular weight is 526 g/mol. The van der Waals surface area contributed by atoms with Crippen molar-refractivity contribution in [2.45, 2.75) is 5.41 Å². The van der Waals surface area contributed by atoms with Crippen LogP contribution in [0.5, 0.6) is 11.5 Å². The van der Waals surface area contributed by atoms with Crippen molar-refractivity contribution < 1.29 is 4.74 Å². The van der Waals surface area contributed by atoms with Gasteiger partial charge in [0.15, 0.2) is 0 Å². The topological polar surface area (TPSA) is 49.1 Å².